The molecule has 3 rings (SSSR count). The summed E-state index contributed by atoms with van der Waals surface area (Å²) in [7, 11) is 0. The van der Waals surface area contributed by atoms with Crippen molar-refractivity contribution >= 4 is 11.7 Å². The van der Waals surface area contributed by atoms with E-state index in [0.717, 1.165) is 11.4 Å². The normalized spacial score (nSPS) is 18.4. The van der Waals surface area contributed by atoms with E-state index in [9.17, 15) is 4.79 Å². The molecule has 7 nitrogen and oxygen atoms in total. The lowest BCUT2D eigenvalue weighted by molar-refractivity contribution is -0.118. The highest BCUT2D eigenvalue weighted by molar-refractivity contribution is 5.94. The number of fused-ring (bicyclic) bond motifs is 1. The molecule has 3 heterocycles. The van der Waals surface area contributed by atoms with Crippen molar-refractivity contribution in [1.82, 2.24) is 20.4 Å². The van der Waals surface area contributed by atoms with E-state index in [4.69, 9.17) is 4.52 Å². The molecule has 1 aliphatic rings. The largest absolute Gasteiger partial charge is 0.360 e. The van der Waals surface area contributed by atoms with E-state index in [-0.39, 0.29) is 11.9 Å². The molecule has 1 unspecified atom stereocenters. The molecule has 0 aromatic carbocycles. The Morgan fingerprint density at radius 1 is 1.61 bits per heavy atom. The third-order valence-electron chi connectivity index (χ3n) is 2.93. The Hall–Kier alpha value is -2.15. The van der Waals surface area contributed by atoms with Gasteiger partial charge in [-0.25, -0.2) is 4.98 Å². The molecule has 3 N–H and O–H groups in total. The standard InChI is InChI=1S/C11H13N5O2/c1-6-2-10(16-18-6)15-11(17)8-3-7-9(4-12-8)14-5-13-7/h2,5,8,12H,3-4H2,1H3,(H,13,14)(H,15,16,17). The second-order valence-corrected chi connectivity index (χ2v) is 4.28. The van der Waals surface area contributed by atoms with E-state index in [1.807, 2.05) is 0 Å². The maximum Gasteiger partial charge on any atom is 0.243 e. The van der Waals surface area contributed by atoms with Crippen molar-refractivity contribution in [2.24, 2.45) is 0 Å². The average molecular weight is 247 g/mol. The first-order chi connectivity index (χ1) is 8.72. The molecule has 0 aliphatic carbocycles. The Bertz CT molecular complexity index is 574. The summed E-state index contributed by atoms with van der Waals surface area (Å²) in [6.07, 6.45) is 2.22. The minimum atomic E-state index is -0.294. The Balaban J connectivity index is 1.67. The number of anilines is 1. The number of aromatic amines is 1. The maximum absolute atomic E-state index is 12.0. The average Bonchev–Trinajstić information content (AvgIpc) is 2.96. The molecule has 0 radical (unpaired) electrons. The summed E-state index contributed by atoms with van der Waals surface area (Å²) in [5.41, 5.74) is 1.97. The van der Waals surface area contributed by atoms with Crippen molar-refractivity contribution in [3.63, 3.8) is 0 Å². The Labute approximate surface area is 103 Å². The highest BCUT2D eigenvalue weighted by atomic mass is 16.5. The van der Waals surface area contributed by atoms with Crippen LogP contribution in [0.2, 0.25) is 0 Å². The third-order valence-corrected chi connectivity index (χ3v) is 2.93. The van der Waals surface area contributed by atoms with Crippen molar-refractivity contribution in [1.29, 1.82) is 0 Å². The van der Waals surface area contributed by atoms with Crippen LogP contribution < -0.4 is 10.6 Å². The molecule has 94 valence electrons. The van der Waals surface area contributed by atoms with E-state index in [1.54, 1.807) is 19.3 Å². The molecule has 1 aliphatic heterocycles. The third kappa shape index (κ3) is 2.00. The van der Waals surface area contributed by atoms with Gasteiger partial charge in [0.1, 0.15) is 5.76 Å². The Kier molecular flexibility index (Phi) is 2.60. The lowest BCUT2D eigenvalue weighted by Crippen LogP contribution is -2.44. The van der Waals surface area contributed by atoms with Crippen LogP contribution in [0.25, 0.3) is 0 Å². The van der Waals surface area contributed by atoms with Gasteiger partial charge in [0, 0.05) is 19.0 Å². The smallest absolute Gasteiger partial charge is 0.243 e. The summed E-state index contributed by atoms with van der Waals surface area (Å²) < 4.78 is 4.89. The molecule has 7 heteroatoms. The highest BCUT2D eigenvalue weighted by Gasteiger charge is 2.26. The molecule has 0 bridgehead atoms. The number of hydrogen-bond acceptors (Lipinski definition) is 5. The van der Waals surface area contributed by atoms with E-state index in [1.165, 1.54) is 0 Å². The zero-order chi connectivity index (χ0) is 12.5. The van der Waals surface area contributed by atoms with E-state index in [0.29, 0.717) is 24.5 Å². The van der Waals surface area contributed by atoms with Gasteiger partial charge in [-0.05, 0) is 6.92 Å². The van der Waals surface area contributed by atoms with Crippen LogP contribution in [0.5, 0.6) is 0 Å². The summed E-state index contributed by atoms with van der Waals surface area (Å²) in [4.78, 5) is 19.2. The van der Waals surface area contributed by atoms with Crippen molar-refractivity contribution < 1.29 is 9.32 Å². The quantitative estimate of drug-likeness (QED) is 0.712. The molecule has 18 heavy (non-hydrogen) atoms. The van der Waals surface area contributed by atoms with Gasteiger partial charge in [-0.3, -0.25) is 10.1 Å². The number of carbonyl (C=O) groups is 1. The molecule has 2 aromatic rings. The molecular formula is C11H13N5O2. The highest BCUT2D eigenvalue weighted by Crippen LogP contribution is 2.14. The number of hydrogen-bond donors (Lipinski definition) is 3. The van der Waals surface area contributed by atoms with Crippen LogP contribution in [-0.4, -0.2) is 27.1 Å². The number of imidazole rings is 1. The van der Waals surface area contributed by atoms with Gasteiger partial charge >= 0.3 is 0 Å². The lowest BCUT2D eigenvalue weighted by atomic mass is 10.0. The molecule has 0 saturated carbocycles. The van der Waals surface area contributed by atoms with Gasteiger partial charge in [-0.1, -0.05) is 5.16 Å². The number of H-pyrrole nitrogens is 1. The first-order valence-corrected chi connectivity index (χ1v) is 5.71. The fourth-order valence-corrected chi connectivity index (χ4v) is 1.99. The summed E-state index contributed by atoms with van der Waals surface area (Å²) >= 11 is 0. The van der Waals surface area contributed by atoms with Crippen LogP contribution in [0.3, 0.4) is 0 Å². The van der Waals surface area contributed by atoms with Gasteiger partial charge < -0.3 is 14.8 Å². The summed E-state index contributed by atoms with van der Waals surface area (Å²) in [6, 6.07) is 1.39. The fraction of sp³-hybridized carbons (Fsp3) is 0.364. The van der Waals surface area contributed by atoms with Gasteiger partial charge in [0.05, 0.1) is 23.8 Å². The zero-order valence-electron chi connectivity index (χ0n) is 9.86. The first kappa shape index (κ1) is 11.0. The van der Waals surface area contributed by atoms with Gasteiger partial charge in [0.25, 0.3) is 0 Å². The van der Waals surface area contributed by atoms with Gasteiger partial charge in [-0.15, -0.1) is 0 Å². The Morgan fingerprint density at radius 3 is 3.28 bits per heavy atom. The van der Waals surface area contributed by atoms with Crippen molar-refractivity contribution in [3.05, 3.63) is 29.5 Å². The van der Waals surface area contributed by atoms with Crippen molar-refractivity contribution in [2.75, 3.05) is 5.32 Å². The fourth-order valence-electron chi connectivity index (χ4n) is 1.99. The molecule has 1 amide bonds. The minimum Gasteiger partial charge on any atom is -0.360 e. The number of aromatic nitrogens is 3. The second-order valence-electron chi connectivity index (χ2n) is 4.28. The maximum atomic E-state index is 12.0. The number of nitrogens with zero attached hydrogens (tertiary/aromatic N) is 2. The minimum absolute atomic E-state index is 0.128. The molecule has 0 spiro atoms. The Morgan fingerprint density at radius 2 is 2.50 bits per heavy atom. The van der Waals surface area contributed by atoms with Crippen LogP contribution in [0.4, 0.5) is 5.82 Å². The van der Waals surface area contributed by atoms with Crippen LogP contribution in [0, 0.1) is 6.92 Å². The number of nitrogens with one attached hydrogen (secondary N) is 3. The van der Waals surface area contributed by atoms with E-state index >= 15 is 0 Å². The van der Waals surface area contributed by atoms with E-state index < -0.39 is 0 Å². The SMILES string of the molecule is Cc1cc(NC(=O)C2Cc3nc[nH]c3CN2)no1. The monoisotopic (exact) mass is 247 g/mol. The molecule has 0 fully saturated rings. The predicted molar refractivity (Wildman–Crippen MR) is 62.8 cm³/mol. The van der Waals surface area contributed by atoms with Crippen LogP contribution in [0.1, 0.15) is 17.1 Å². The van der Waals surface area contributed by atoms with Gasteiger partial charge in [-0.2, -0.15) is 0 Å². The number of amides is 1. The van der Waals surface area contributed by atoms with Crippen LogP contribution >= 0.6 is 0 Å². The first-order valence-electron chi connectivity index (χ1n) is 5.71. The molecule has 2 aromatic heterocycles. The van der Waals surface area contributed by atoms with Gasteiger partial charge in [0.15, 0.2) is 5.82 Å². The van der Waals surface area contributed by atoms with Gasteiger partial charge in [0.2, 0.25) is 5.91 Å². The molecule has 1 atom stereocenters. The van der Waals surface area contributed by atoms with Crippen LogP contribution in [-0.2, 0) is 17.8 Å². The topological polar surface area (TPSA) is 95.8 Å². The number of carbonyl (C=O) groups excluding carboxylic acids is 1. The van der Waals surface area contributed by atoms with Crippen molar-refractivity contribution in [2.45, 2.75) is 25.9 Å². The molecular weight excluding hydrogens is 234 g/mol. The van der Waals surface area contributed by atoms with Crippen LogP contribution in [0.15, 0.2) is 16.9 Å². The second kappa shape index (κ2) is 4.26. The zero-order valence-corrected chi connectivity index (χ0v) is 9.86. The predicted octanol–water partition coefficient (Wildman–Crippen LogP) is 0.359. The number of rotatable bonds is 2. The summed E-state index contributed by atoms with van der Waals surface area (Å²) in [6.45, 7) is 2.39. The lowest BCUT2D eigenvalue weighted by Gasteiger charge is -2.21. The summed E-state index contributed by atoms with van der Waals surface area (Å²) in [5, 5.41) is 9.59. The molecule has 0 saturated heterocycles. The number of aryl methyl sites for hydroxylation is 1. The van der Waals surface area contributed by atoms with E-state index in [2.05, 4.69) is 25.8 Å². The summed E-state index contributed by atoms with van der Waals surface area (Å²) in [5.74, 6) is 0.973. The van der Waals surface area contributed by atoms with Crippen molar-refractivity contribution in [3.8, 4) is 0 Å².